The summed E-state index contributed by atoms with van der Waals surface area (Å²) in [5.74, 6) is -0.730. The van der Waals surface area contributed by atoms with E-state index in [9.17, 15) is 14.4 Å². The van der Waals surface area contributed by atoms with E-state index in [1.54, 1.807) is 29.2 Å². The van der Waals surface area contributed by atoms with Gasteiger partial charge in [-0.15, -0.1) is 0 Å². The zero-order valence-electron chi connectivity index (χ0n) is 18.5. The number of furan rings is 2. The molecule has 9 heteroatoms. The Bertz CT molecular complexity index is 1210. The van der Waals surface area contributed by atoms with Crippen molar-refractivity contribution in [1.82, 2.24) is 5.01 Å². The number of nitrogens with zero attached hydrogens (tertiary/aromatic N) is 3. The number of carbonyl (C=O) groups is 3. The molecule has 2 aromatic heterocycles. The summed E-state index contributed by atoms with van der Waals surface area (Å²) in [6, 6.07) is 14.1. The first-order valence-electron chi connectivity index (χ1n) is 11.0. The van der Waals surface area contributed by atoms with Gasteiger partial charge < -0.3 is 18.5 Å². The predicted molar refractivity (Wildman–Crippen MR) is 121 cm³/mol. The van der Waals surface area contributed by atoms with E-state index in [4.69, 9.17) is 13.6 Å². The van der Waals surface area contributed by atoms with Crippen molar-refractivity contribution in [2.45, 2.75) is 25.8 Å². The maximum absolute atomic E-state index is 13.0. The van der Waals surface area contributed by atoms with Crippen LogP contribution in [0.5, 0.6) is 0 Å². The number of hydrazone groups is 1. The second-order valence-corrected chi connectivity index (χ2v) is 8.35. The van der Waals surface area contributed by atoms with E-state index in [0.29, 0.717) is 23.7 Å². The van der Waals surface area contributed by atoms with E-state index >= 15 is 0 Å². The van der Waals surface area contributed by atoms with E-state index in [0.717, 1.165) is 11.3 Å². The van der Waals surface area contributed by atoms with Gasteiger partial charge in [-0.2, -0.15) is 5.10 Å². The number of esters is 1. The average Bonchev–Trinajstić information content (AvgIpc) is 3.63. The Labute approximate surface area is 195 Å². The van der Waals surface area contributed by atoms with Crippen molar-refractivity contribution in [1.29, 1.82) is 0 Å². The average molecular weight is 461 g/mol. The second kappa shape index (κ2) is 9.01. The first kappa shape index (κ1) is 21.7. The Morgan fingerprint density at radius 2 is 1.82 bits per heavy atom. The molecule has 9 nitrogen and oxygen atoms in total. The molecule has 1 fully saturated rings. The molecule has 2 aliphatic heterocycles. The summed E-state index contributed by atoms with van der Waals surface area (Å²) in [7, 11) is 0. The van der Waals surface area contributed by atoms with Crippen LogP contribution in [0.1, 0.15) is 36.0 Å². The minimum absolute atomic E-state index is 0.0421. The molecule has 0 aliphatic carbocycles. The van der Waals surface area contributed by atoms with Crippen LogP contribution in [0.15, 0.2) is 75.0 Å². The van der Waals surface area contributed by atoms with Crippen LogP contribution in [0.3, 0.4) is 0 Å². The van der Waals surface area contributed by atoms with Crippen molar-refractivity contribution >= 4 is 29.2 Å². The molecule has 0 N–H and O–H groups in total. The topological polar surface area (TPSA) is 106 Å². The van der Waals surface area contributed by atoms with Gasteiger partial charge in [-0.05, 0) is 43.3 Å². The van der Waals surface area contributed by atoms with Crippen LogP contribution in [0.25, 0.3) is 0 Å². The molecule has 3 aromatic rings. The van der Waals surface area contributed by atoms with E-state index in [1.807, 2.05) is 31.2 Å². The van der Waals surface area contributed by atoms with E-state index < -0.39 is 30.4 Å². The van der Waals surface area contributed by atoms with E-state index in [-0.39, 0.29) is 18.9 Å². The molecule has 5 rings (SSSR count). The van der Waals surface area contributed by atoms with Crippen molar-refractivity contribution in [3.05, 3.63) is 78.1 Å². The summed E-state index contributed by atoms with van der Waals surface area (Å²) in [5, 5.41) is 5.67. The smallest absolute Gasteiger partial charge is 0.311 e. The van der Waals surface area contributed by atoms with Crippen LogP contribution in [0.4, 0.5) is 5.69 Å². The predicted octanol–water partition coefficient (Wildman–Crippen LogP) is 3.46. The highest BCUT2D eigenvalue weighted by molar-refractivity contribution is 6.01. The third kappa shape index (κ3) is 4.24. The van der Waals surface area contributed by atoms with Crippen LogP contribution < -0.4 is 4.90 Å². The fourth-order valence-electron chi connectivity index (χ4n) is 4.19. The number of carbonyl (C=O) groups excluding carboxylic acids is 3. The molecule has 0 saturated carbocycles. The maximum atomic E-state index is 13.0. The summed E-state index contributed by atoms with van der Waals surface area (Å²) >= 11 is 0. The zero-order valence-corrected chi connectivity index (χ0v) is 18.5. The van der Waals surface area contributed by atoms with E-state index in [1.165, 1.54) is 17.5 Å². The van der Waals surface area contributed by atoms with Gasteiger partial charge in [-0.1, -0.05) is 17.7 Å². The minimum Gasteiger partial charge on any atom is -0.467 e. The molecule has 174 valence electrons. The molecular formula is C25H23N3O6. The SMILES string of the molecule is Cc1ccc(N2CC(C(=O)OCC(=O)N3N=C(c4ccco4)CC3c3ccco3)CC2=O)cc1. The minimum atomic E-state index is -0.636. The van der Waals surface area contributed by atoms with Crippen LogP contribution >= 0.6 is 0 Å². The van der Waals surface area contributed by atoms with Crippen molar-refractivity contribution in [2.75, 3.05) is 18.1 Å². The van der Waals surface area contributed by atoms with Crippen molar-refractivity contribution in [3.8, 4) is 0 Å². The maximum Gasteiger partial charge on any atom is 0.311 e. The highest BCUT2D eigenvalue weighted by atomic mass is 16.5. The van der Waals surface area contributed by atoms with Crippen LogP contribution in [0, 0.1) is 12.8 Å². The Balaban J connectivity index is 1.23. The van der Waals surface area contributed by atoms with Crippen molar-refractivity contribution in [2.24, 2.45) is 11.0 Å². The lowest BCUT2D eigenvalue weighted by molar-refractivity contribution is -0.156. The van der Waals surface area contributed by atoms with Gasteiger partial charge in [0.2, 0.25) is 5.91 Å². The molecule has 0 spiro atoms. The van der Waals surface area contributed by atoms with Crippen molar-refractivity contribution < 1.29 is 28.0 Å². The largest absolute Gasteiger partial charge is 0.467 e. The highest BCUT2D eigenvalue weighted by Gasteiger charge is 2.38. The van der Waals surface area contributed by atoms with Gasteiger partial charge in [0.25, 0.3) is 5.91 Å². The second-order valence-electron chi connectivity index (χ2n) is 8.35. The van der Waals surface area contributed by atoms with Crippen molar-refractivity contribution in [3.63, 3.8) is 0 Å². The summed E-state index contributed by atoms with van der Waals surface area (Å²) in [6.07, 6.45) is 3.51. The summed E-state index contributed by atoms with van der Waals surface area (Å²) in [4.78, 5) is 39.6. The number of anilines is 1. The number of ether oxygens (including phenoxy) is 1. The molecule has 2 unspecified atom stereocenters. The molecule has 2 aliphatic rings. The molecule has 0 bridgehead atoms. The molecule has 1 saturated heterocycles. The van der Waals surface area contributed by atoms with E-state index in [2.05, 4.69) is 5.10 Å². The standard InChI is InChI=1S/C25H23N3O6/c1-16-6-8-18(9-7-16)27-14-17(12-23(27)29)25(31)34-15-24(30)28-20(22-5-3-11-33-22)13-19(26-28)21-4-2-10-32-21/h2-11,17,20H,12-15H2,1H3. The van der Waals surface area contributed by atoms with Gasteiger partial charge in [0.05, 0.1) is 18.4 Å². The fraction of sp³-hybridized carbons (Fsp3) is 0.280. The lowest BCUT2D eigenvalue weighted by Crippen LogP contribution is -2.33. The zero-order chi connectivity index (χ0) is 23.7. The van der Waals surface area contributed by atoms with Gasteiger partial charge in [0.1, 0.15) is 23.3 Å². The van der Waals surface area contributed by atoms with Crippen LogP contribution in [-0.4, -0.2) is 41.7 Å². The fourth-order valence-corrected chi connectivity index (χ4v) is 4.19. The molecule has 0 radical (unpaired) electrons. The molecule has 2 atom stereocenters. The quantitative estimate of drug-likeness (QED) is 0.521. The van der Waals surface area contributed by atoms with Gasteiger partial charge >= 0.3 is 5.97 Å². The van der Waals surface area contributed by atoms with Gasteiger partial charge in [0, 0.05) is 25.1 Å². The third-order valence-electron chi connectivity index (χ3n) is 5.99. The Hall–Kier alpha value is -4.14. The molecule has 34 heavy (non-hydrogen) atoms. The Kier molecular flexibility index (Phi) is 5.75. The number of rotatable bonds is 6. The number of amides is 2. The summed E-state index contributed by atoms with van der Waals surface area (Å²) < 4.78 is 16.2. The van der Waals surface area contributed by atoms with Crippen LogP contribution in [-0.2, 0) is 19.1 Å². The first-order chi connectivity index (χ1) is 16.5. The number of benzene rings is 1. The summed E-state index contributed by atoms with van der Waals surface area (Å²) in [6.45, 7) is 1.69. The van der Waals surface area contributed by atoms with Gasteiger partial charge in [0.15, 0.2) is 6.61 Å². The highest BCUT2D eigenvalue weighted by Crippen LogP contribution is 2.33. The monoisotopic (exact) mass is 461 g/mol. The number of hydrogen-bond acceptors (Lipinski definition) is 7. The Morgan fingerprint density at radius 1 is 1.06 bits per heavy atom. The third-order valence-corrected chi connectivity index (χ3v) is 5.99. The van der Waals surface area contributed by atoms with Gasteiger partial charge in [-0.3, -0.25) is 14.4 Å². The molecule has 4 heterocycles. The lowest BCUT2D eigenvalue weighted by Gasteiger charge is -2.20. The Morgan fingerprint density at radius 3 is 2.53 bits per heavy atom. The first-order valence-corrected chi connectivity index (χ1v) is 11.0. The van der Waals surface area contributed by atoms with Crippen LogP contribution in [0.2, 0.25) is 0 Å². The number of aryl methyl sites for hydroxylation is 1. The molecule has 1 aromatic carbocycles. The summed E-state index contributed by atoms with van der Waals surface area (Å²) in [5.41, 5.74) is 2.42. The van der Waals surface area contributed by atoms with Gasteiger partial charge in [-0.25, -0.2) is 5.01 Å². The number of hydrogen-bond donors (Lipinski definition) is 0. The molecular weight excluding hydrogens is 438 g/mol. The molecule has 2 amide bonds. The lowest BCUT2D eigenvalue weighted by atomic mass is 10.1. The normalized spacial score (nSPS) is 20.0.